The Morgan fingerprint density at radius 2 is 2.33 bits per heavy atom. The standard InChI is InChI=1S/C14H21FN2O/c1-16-8-12-4-3-5-13(15)14(12)17-7-6-11(9-17)10-18-2/h3-5,11,16H,6-10H2,1-2H3. The molecule has 1 atom stereocenters. The SMILES string of the molecule is CNCc1cccc(F)c1N1CCC(COC)C1. The largest absolute Gasteiger partial charge is 0.384 e. The molecule has 18 heavy (non-hydrogen) atoms. The van der Waals surface area contributed by atoms with Crippen LogP contribution in [0, 0.1) is 11.7 Å². The van der Waals surface area contributed by atoms with E-state index in [4.69, 9.17) is 4.74 Å². The number of benzene rings is 1. The third-order valence-electron chi connectivity index (χ3n) is 3.44. The third-order valence-corrected chi connectivity index (χ3v) is 3.44. The van der Waals surface area contributed by atoms with Crippen LogP contribution < -0.4 is 10.2 Å². The predicted molar refractivity (Wildman–Crippen MR) is 71.4 cm³/mol. The molecule has 1 aromatic rings. The molecule has 0 saturated carbocycles. The van der Waals surface area contributed by atoms with E-state index in [1.807, 2.05) is 13.1 Å². The number of methoxy groups -OCH3 is 1. The molecule has 0 aromatic heterocycles. The molecule has 0 aliphatic carbocycles. The van der Waals surface area contributed by atoms with Gasteiger partial charge in [0.1, 0.15) is 5.82 Å². The molecule has 1 aliphatic heterocycles. The highest BCUT2D eigenvalue weighted by atomic mass is 19.1. The van der Waals surface area contributed by atoms with Gasteiger partial charge in [-0.1, -0.05) is 12.1 Å². The van der Waals surface area contributed by atoms with Crippen molar-refractivity contribution >= 4 is 5.69 Å². The first-order valence-corrected chi connectivity index (χ1v) is 6.42. The average Bonchev–Trinajstić information content (AvgIpc) is 2.78. The van der Waals surface area contributed by atoms with Crippen molar-refractivity contribution in [1.82, 2.24) is 5.32 Å². The van der Waals surface area contributed by atoms with Crippen molar-refractivity contribution in [3.63, 3.8) is 0 Å². The number of hydrogen-bond donors (Lipinski definition) is 1. The van der Waals surface area contributed by atoms with Gasteiger partial charge in [-0.3, -0.25) is 0 Å². The van der Waals surface area contributed by atoms with Gasteiger partial charge >= 0.3 is 0 Å². The maximum atomic E-state index is 14.0. The van der Waals surface area contributed by atoms with E-state index < -0.39 is 0 Å². The van der Waals surface area contributed by atoms with Crippen LogP contribution in [-0.2, 0) is 11.3 Å². The number of anilines is 1. The van der Waals surface area contributed by atoms with Gasteiger partial charge in [0.15, 0.2) is 0 Å². The van der Waals surface area contributed by atoms with Crippen LogP contribution in [0.15, 0.2) is 18.2 Å². The van der Waals surface area contributed by atoms with E-state index in [2.05, 4.69) is 10.2 Å². The number of rotatable bonds is 5. The van der Waals surface area contributed by atoms with Crippen LogP contribution in [0.1, 0.15) is 12.0 Å². The number of hydrogen-bond acceptors (Lipinski definition) is 3. The summed E-state index contributed by atoms with van der Waals surface area (Å²) in [7, 11) is 3.60. The number of halogens is 1. The number of nitrogens with one attached hydrogen (secondary N) is 1. The second kappa shape index (κ2) is 6.16. The fraction of sp³-hybridized carbons (Fsp3) is 0.571. The topological polar surface area (TPSA) is 24.5 Å². The maximum Gasteiger partial charge on any atom is 0.146 e. The summed E-state index contributed by atoms with van der Waals surface area (Å²) in [5.74, 6) is 0.387. The molecule has 1 N–H and O–H groups in total. The lowest BCUT2D eigenvalue weighted by molar-refractivity contribution is 0.161. The van der Waals surface area contributed by atoms with E-state index in [1.165, 1.54) is 6.07 Å². The summed E-state index contributed by atoms with van der Waals surface area (Å²) in [5, 5.41) is 3.09. The molecule has 1 unspecified atom stereocenters. The van der Waals surface area contributed by atoms with Crippen LogP contribution in [0.2, 0.25) is 0 Å². The molecule has 4 heteroatoms. The molecule has 0 spiro atoms. The lowest BCUT2D eigenvalue weighted by Crippen LogP contribution is -2.24. The molecule has 0 amide bonds. The number of ether oxygens (including phenoxy) is 1. The molecule has 100 valence electrons. The van der Waals surface area contributed by atoms with Crippen molar-refractivity contribution in [2.24, 2.45) is 5.92 Å². The van der Waals surface area contributed by atoms with Gasteiger partial charge in [-0.25, -0.2) is 4.39 Å². The molecule has 2 rings (SSSR count). The van der Waals surface area contributed by atoms with Gasteiger partial charge in [0.05, 0.1) is 12.3 Å². The monoisotopic (exact) mass is 252 g/mol. The molecular weight excluding hydrogens is 231 g/mol. The van der Waals surface area contributed by atoms with E-state index in [0.717, 1.165) is 37.4 Å². The Morgan fingerprint density at radius 1 is 1.50 bits per heavy atom. The fourth-order valence-corrected chi connectivity index (χ4v) is 2.65. The zero-order valence-electron chi connectivity index (χ0n) is 11.1. The third kappa shape index (κ3) is 2.82. The van der Waals surface area contributed by atoms with Crippen molar-refractivity contribution < 1.29 is 9.13 Å². The van der Waals surface area contributed by atoms with Crippen LogP contribution in [-0.4, -0.2) is 33.9 Å². The van der Waals surface area contributed by atoms with Gasteiger partial charge in [0.2, 0.25) is 0 Å². The van der Waals surface area contributed by atoms with Crippen LogP contribution in [0.5, 0.6) is 0 Å². The number of nitrogens with zero attached hydrogens (tertiary/aromatic N) is 1. The van der Waals surface area contributed by atoms with Gasteiger partial charge in [-0.2, -0.15) is 0 Å². The summed E-state index contributed by atoms with van der Waals surface area (Å²) in [4.78, 5) is 2.14. The second-order valence-electron chi connectivity index (χ2n) is 4.83. The minimum atomic E-state index is -0.124. The van der Waals surface area contributed by atoms with E-state index in [0.29, 0.717) is 12.5 Å². The highest BCUT2D eigenvalue weighted by molar-refractivity contribution is 5.55. The van der Waals surface area contributed by atoms with Gasteiger partial charge < -0.3 is 15.0 Å². The molecule has 1 fully saturated rings. The Balaban J connectivity index is 2.17. The summed E-state index contributed by atoms with van der Waals surface area (Å²) in [6.07, 6.45) is 1.07. The minimum Gasteiger partial charge on any atom is -0.384 e. The molecule has 1 aromatic carbocycles. The van der Waals surface area contributed by atoms with Crippen LogP contribution in [0.3, 0.4) is 0 Å². The van der Waals surface area contributed by atoms with E-state index in [9.17, 15) is 4.39 Å². The van der Waals surface area contributed by atoms with Crippen LogP contribution >= 0.6 is 0 Å². The van der Waals surface area contributed by atoms with Crippen LogP contribution in [0.25, 0.3) is 0 Å². The summed E-state index contributed by atoms with van der Waals surface area (Å²) in [6, 6.07) is 5.30. The van der Waals surface area contributed by atoms with E-state index in [-0.39, 0.29) is 5.82 Å². The van der Waals surface area contributed by atoms with Crippen molar-refractivity contribution in [2.75, 3.05) is 38.8 Å². The van der Waals surface area contributed by atoms with Crippen molar-refractivity contribution in [1.29, 1.82) is 0 Å². The lowest BCUT2D eigenvalue weighted by Gasteiger charge is -2.22. The highest BCUT2D eigenvalue weighted by Gasteiger charge is 2.25. The van der Waals surface area contributed by atoms with Gasteiger partial charge in [0, 0.05) is 32.7 Å². The Labute approximate surface area is 108 Å². The van der Waals surface area contributed by atoms with Gasteiger partial charge in [0.25, 0.3) is 0 Å². The molecule has 0 radical (unpaired) electrons. The quantitative estimate of drug-likeness (QED) is 0.867. The van der Waals surface area contributed by atoms with Gasteiger partial charge in [-0.05, 0) is 25.1 Å². The molecular formula is C14H21FN2O. The zero-order chi connectivity index (χ0) is 13.0. The van der Waals surface area contributed by atoms with Crippen molar-refractivity contribution in [3.8, 4) is 0 Å². The summed E-state index contributed by atoms with van der Waals surface area (Å²) >= 11 is 0. The Hall–Kier alpha value is -1.13. The molecule has 1 heterocycles. The van der Waals surface area contributed by atoms with Crippen molar-refractivity contribution in [3.05, 3.63) is 29.6 Å². The smallest absolute Gasteiger partial charge is 0.146 e. The first-order valence-electron chi connectivity index (χ1n) is 6.42. The predicted octanol–water partition coefficient (Wildman–Crippen LogP) is 2.02. The van der Waals surface area contributed by atoms with Gasteiger partial charge in [-0.15, -0.1) is 0 Å². The maximum absolute atomic E-state index is 14.0. The summed E-state index contributed by atoms with van der Waals surface area (Å²) in [6.45, 7) is 3.24. The van der Waals surface area contributed by atoms with E-state index >= 15 is 0 Å². The van der Waals surface area contributed by atoms with Crippen molar-refractivity contribution in [2.45, 2.75) is 13.0 Å². The first-order chi connectivity index (χ1) is 8.76. The van der Waals surface area contributed by atoms with Crippen LogP contribution in [0.4, 0.5) is 10.1 Å². The summed E-state index contributed by atoms with van der Waals surface area (Å²) in [5.41, 5.74) is 1.78. The lowest BCUT2D eigenvalue weighted by atomic mass is 10.1. The average molecular weight is 252 g/mol. The second-order valence-corrected chi connectivity index (χ2v) is 4.83. The van der Waals surface area contributed by atoms with E-state index in [1.54, 1.807) is 13.2 Å². The minimum absolute atomic E-state index is 0.124. The number of para-hydroxylation sites is 1. The summed E-state index contributed by atoms with van der Waals surface area (Å²) < 4.78 is 19.2. The zero-order valence-corrected chi connectivity index (χ0v) is 11.1. The Bertz CT molecular complexity index is 397. The molecule has 0 bridgehead atoms. The fourth-order valence-electron chi connectivity index (χ4n) is 2.65. The Morgan fingerprint density at radius 3 is 3.06 bits per heavy atom. The normalized spacial score (nSPS) is 19.5. The Kier molecular flexibility index (Phi) is 4.55. The molecule has 1 aliphatic rings. The molecule has 3 nitrogen and oxygen atoms in total. The highest BCUT2D eigenvalue weighted by Crippen LogP contribution is 2.29. The molecule has 1 saturated heterocycles. The first kappa shape index (κ1) is 13.3.